The molecule has 0 saturated heterocycles. The van der Waals surface area contributed by atoms with Crippen LogP contribution in [0, 0.1) is 5.41 Å². The van der Waals surface area contributed by atoms with Crippen LogP contribution in [-0.2, 0) is 4.79 Å². The number of carbonyl (C=O) groups excluding carboxylic acids is 1. The van der Waals surface area contributed by atoms with E-state index < -0.39 is 5.41 Å². The van der Waals surface area contributed by atoms with Crippen LogP contribution in [0.25, 0.3) is 11.4 Å². The Morgan fingerprint density at radius 1 is 1.43 bits per heavy atom. The fourth-order valence-electron chi connectivity index (χ4n) is 2.08. The highest BCUT2D eigenvalue weighted by Crippen LogP contribution is 2.36. The molecule has 0 bridgehead atoms. The normalized spacial score (nSPS) is 14.2. The lowest BCUT2D eigenvalue weighted by molar-refractivity contribution is -0.123. The van der Waals surface area contributed by atoms with Gasteiger partial charge in [-0.3, -0.25) is 4.79 Å². The summed E-state index contributed by atoms with van der Waals surface area (Å²) in [5.41, 5.74) is 6.64. The zero-order chi connectivity index (χ0) is 15.7. The molecule has 1 aliphatic carbocycles. The molecule has 1 heterocycles. The number of rotatable bonds is 5. The van der Waals surface area contributed by atoms with Crippen molar-refractivity contribution in [2.24, 2.45) is 11.1 Å². The Morgan fingerprint density at radius 3 is 2.83 bits per heavy atom. The second-order valence-electron chi connectivity index (χ2n) is 6.30. The Kier molecular flexibility index (Phi) is 5.01. The summed E-state index contributed by atoms with van der Waals surface area (Å²) in [6.45, 7) is 3.93. The molecule has 1 saturated carbocycles. The largest absolute Gasteiger partial charge is 0.329 e. The van der Waals surface area contributed by atoms with Crippen LogP contribution >= 0.6 is 12.4 Å². The first kappa shape index (κ1) is 17.4. The summed E-state index contributed by atoms with van der Waals surface area (Å²) in [5, 5.41) is 14.8. The van der Waals surface area contributed by atoms with Crippen LogP contribution in [0.4, 0.5) is 5.69 Å². The minimum atomic E-state index is -0.606. The Labute approximate surface area is 141 Å². The molecule has 2 aromatic rings. The first-order chi connectivity index (χ1) is 10.5. The molecule has 1 aromatic carbocycles. The summed E-state index contributed by atoms with van der Waals surface area (Å²) in [6.07, 6.45) is 2.22. The van der Waals surface area contributed by atoms with E-state index in [0.29, 0.717) is 12.6 Å². The monoisotopic (exact) mass is 336 g/mol. The molecule has 8 heteroatoms. The predicted octanol–water partition coefficient (Wildman–Crippen LogP) is 2.02. The molecule has 124 valence electrons. The molecule has 1 fully saturated rings. The van der Waals surface area contributed by atoms with Crippen molar-refractivity contribution in [2.45, 2.75) is 32.7 Å². The first-order valence-corrected chi connectivity index (χ1v) is 7.41. The third-order valence-electron chi connectivity index (χ3n) is 3.89. The van der Waals surface area contributed by atoms with Gasteiger partial charge in [0.2, 0.25) is 5.91 Å². The van der Waals surface area contributed by atoms with Crippen LogP contribution in [0.1, 0.15) is 32.7 Å². The van der Waals surface area contributed by atoms with Crippen molar-refractivity contribution < 1.29 is 4.79 Å². The fraction of sp³-hybridized carbons (Fsp3) is 0.467. The summed E-state index contributed by atoms with van der Waals surface area (Å²) in [4.78, 5) is 12.2. The lowest BCUT2D eigenvalue weighted by Gasteiger charge is -2.21. The van der Waals surface area contributed by atoms with Gasteiger partial charge in [0.1, 0.15) is 0 Å². The van der Waals surface area contributed by atoms with E-state index in [2.05, 4.69) is 20.8 Å². The zero-order valence-electron chi connectivity index (χ0n) is 13.2. The summed E-state index contributed by atoms with van der Waals surface area (Å²) >= 11 is 0. The van der Waals surface area contributed by atoms with E-state index >= 15 is 0 Å². The number of carbonyl (C=O) groups is 1. The maximum atomic E-state index is 12.2. The average Bonchev–Trinajstić information content (AvgIpc) is 3.24. The Bertz CT molecular complexity index is 695. The van der Waals surface area contributed by atoms with Crippen molar-refractivity contribution in [3.63, 3.8) is 0 Å². The van der Waals surface area contributed by atoms with Crippen molar-refractivity contribution in [2.75, 3.05) is 11.9 Å². The Hall–Kier alpha value is -1.99. The number of nitrogens with one attached hydrogen (secondary N) is 1. The zero-order valence-corrected chi connectivity index (χ0v) is 14.0. The first-order valence-electron chi connectivity index (χ1n) is 7.41. The molecule has 0 unspecified atom stereocenters. The number of tetrazole rings is 1. The molecule has 0 aliphatic heterocycles. The van der Waals surface area contributed by atoms with E-state index in [1.807, 2.05) is 42.8 Å². The number of hydrogen-bond acceptors (Lipinski definition) is 5. The van der Waals surface area contributed by atoms with Crippen LogP contribution in [0.2, 0.25) is 0 Å². The van der Waals surface area contributed by atoms with Crippen LogP contribution in [0.15, 0.2) is 24.3 Å². The molecule has 7 nitrogen and oxygen atoms in total. The molecule has 3 N–H and O–H groups in total. The number of nitrogens with zero attached hydrogens (tertiary/aromatic N) is 4. The van der Waals surface area contributed by atoms with E-state index in [1.54, 1.807) is 0 Å². The van der Waals surface area contributed by atoms with Gasteiger partial charge in [-0.05, 0) is 49.2 Å². The molecule has 1 aliphatic rings. The minimum absolute atomic E-state index is 0. The highest BCUT2D eigenvalue weighted by atomic mass is 35.5. The number of halogens is 1. The van der Waals surface area contributed by atoms with Crippen LogP contribution < -0.4 is 11.1 Å². The summed E-state index contributed by atoms with van der Waals surface area (Å²) < 4.78 is 1.85. The van der Waals surface area contributed by atoms with Gasteiger partial charge in [-0.25, -0.2) is 4.68 Å². The highest BCUT2D eigenvalue weighted by molar-refractivity contribution is 5.95. The van der Waals surface area contributed by atoms with Gasteiger partial charge in [0.15, 0.2) is 5.82 Å². The van der Waals surface area contributed by atoms with Gasteiger partial charge >= 0.3 is 0 Å². The lowest BCUT2D eigenvalue weighted by Crippen LogP contribution is -2.37. The summed E-state index contributed by atoms with van der Waals surface area (Å²) in [5.74, 6) is 0.630. The maximum absolute atomic E-state index is 12.2. The van der Waals surface area contributed by atoms with Crippen LogP contribution in [0.5, 0.6) is 0 Å². The highest BCUT2D eigenvalue weighted by Gasteiger charge is 2.29. The van der Waals surface area contributed by atoms with E-state index in [1.165, 1.54) is 0 Å². The van der Waals surface area contributed by atoms with E-state index in [0.717, 1.165) is 29.9 Å². The van der Waals surface area contributed by atoms with Crippen LogP contribution in [-0.4, -0.2) is 32.7 Å². The Morgan fingerprint density at radius 2 is 2.17 bits per heavy atom. The molecular weight excluding hydrogens is 316 g/mol. The summed E-state index contributed by atoms with van der Waals surface area (Å²) in [7, 11) is 0. The lowest BCUT2D eigenvalue weighted by atomic mass is 9.92. The second-order valence-corrected chi connectivity index (χ2v) is 6.30. The molecule has 0 radical (unpaired) electrons. The third-order valence-corrected chi connectivity index (χ3v) is 3.89. The van der Waals surface area contributed by atoms with Gasteiger partial charge in [0, 0.05) is 17.8 Å². The number of aromatic nitrogens is 4. The minimum Gasteiger partial charge on any atom is -0.329 e. The molecule has 0 atom stereocenters. The quantitative estimate of drug-likeness (QED) is 0.870. The van der Waals surface area contributed by atoms with E-state index in [-0.39, 0.29) is 18.3 Å². The standard InChI is InChI=1S/C15H20N6O.ClH/c1-15(2,9-16)14(22)17-11-5-3-4-10(8-11)13-18-19-20-21(13)12-6-7-12;/h3-5,8,12H,6-7,9,16H2,1-2H3,(H,17,22);1H. The molecule has 1 aromatic heterocycles. The number of amides is 1. The molecule has 3 rings (SSSR count). The number of benzene rings is 1. The second kappa shape index (κ2) is 6.64. The number of nitrogens with two attached hydrogens (primary N) is 1. The van der Waals surface area contributed by atoms with Crippen molar-refractivity contribution in [1.82, 2.24) is 20.2 Å². The third kappa shape index (κ3) is 3.68. The van der Waals surface area contributed by atoms with Crippen molar-refractivity contribution in [3.05, 3.63) is 24.3 Å². The number of hydrogen-bond donors (Lipinski definition) is 2. The molecule has 1 amide bonds. The van der Waals surface area contributed by atoms with Gasteiger partial charge in [-0.1, -0.05) is 12.1 Å². The van der Waals surface area contributed by atoms with Crippen LogP contribution in [0.3, 0.4) is 0 Å². The SMILES string of the molecule is CC(C)(CN)C(=O)Nc1cccc(-c2nnnn2C2CC2)c1.Cl. The van der Waals surface area contributed by atoms with Gasteiger partial charge in [0.25, 0.3) is 0 Å². The number of anilines is 1. The van der Waals surface area contributed by atoms with Crippen molar-refractivity contribution >= 4 is 24.0 Å². The smallest absolute Gasteiger partial charge is 0.231 e. The van der Waals surface area contributed by atoms with Crippen molar-refractivity contribution in [1.29, 1.82) is 0 Å². The Balaban J connectivity index is 0.00000192. The molecular formula is C15H21ClN6O. The average molecular weight is 337 g/mol. The van der Waals surface area contributed by atoms with E-state index in [4.69, 9.17) is 5.73 Å². The van der Waals surface area contributed by atoms with E-state index in [9.17, 15) is 4.79 Å². The predicted molar refractivity (Wildman–Crippen MR) is 90.2 cm³/mol. The maximum Gasteiger partial charge on any atom is 0.231 e. The van der Waals surface area contributed by atoms with Gasteiger partial charge in [0.05, 0.1) is 11.5 Å². The van der Waals surface area contributed by atoms with Gasteiger partial charge < -0.3 is 11.1 Å². The summed E-state index contributed by atoms with van der Waals surface area (Å²) in [6, 6.07) is 7.95. The fourth-order valence-corrected chi connectivity index (χ4v) is 2.08. The topological polar surface area (TPSA) is 98.7 Å². The molecule has 0 spiro atoms. The molecule has 23 heavy (non-hydrogen) atoms. The van der Waals surface area contributed by atoms with Crippen molar-refractivity contribution in [3.8, 4) is 11.4 Å². The van der Waals surface area contributed by atoms with Gasteiger partial charge in [-0.2, -0.15) is 0 Å². The van der Waals surface area contributed by atoms with Gasteiger partial charge in [-0.15, -0.1) is 17.5 Å².